The topological polar surface area (TPSA) is 87.9 Å². The molecule has 2 heterocycles. The van der Waals surface area contributed by atoms with Crippen LogP contribution in [-0.4, -0.2) is 65.8 Å². The maximum absolute atomic E-state index is 12.1. The lowest BCUT2D eigenvalue weighted by Gasteiger charge is -2.33. The lowest BCUT2D eigenvalue weighted by atomic mass is 9.98. The minimum Gasteiger partial charge on any atom is -0.444 e. The number of carbonyl (C=O) groups excluding carboxylic acids is 2. The SMILES string of the molecule is CC(C)(C)OC(=O)N1CCC2(CNC(=O)N2CCN)C1. The Morgan fingerprint density at radius 3 is 2.80 bits per heavy atom. The maximum atomic E-state index is 12.1. The van der Waals surface area contributed by atoms with Gasteiger partial charge in [-0.2, -0.15) is 0 Å². The summed E-state index contributed by atoms with van der Waals surface area (Å²) in [5.74, 6) is 0. The van der Waals surface area contributed by atoms with Gasteiger partial charge < -0.3 is 25.6 Å². The molecule has 2 aliphatic heterocycles. The quantitative estimate of drug-likeness (QED) is 0.766. The van der Waals surface area contributed by atoms with E-state index in [1.807, 2.05) is 20.8 Å². The van der Waals surface area contributed by atoms with E-state index in [4.69, 9.17) is 10.5 Å². The number of carbonyl (C=O) groups is 2. The summed E-state index contributed by atoms with van der Waals surface area (Å²) in [6.45, 7) is 8.13. The van der Waals surface area contributed by atoms with Crippen molar-refractivity contribution in [1.29, 1.82) is 0 Å². The molecule has 1 atom stereocenters. The molecule has 0 saturated carbocycles. The lowest BCUT2D eigenvalue weighted by molar-refractivity contribution is 0.0268. The molecule has 0 aromatic rings. The van der Waals surface area contributed by atoms with Crippen LogP contribution in [-0.2, 0) is 4.74 Å². The molecule has 2 aliphatic rings. The number of hydrogen-bond donors (Lipinski definition) is 2. The van der Waals surface area contributed by atoms with Crippen molar-refractivity contribution in [3.05, 3.63) is 0 Å². The van der Waals surface area contributed by atoms with Crippen LogP contribution in [0.4, 0.5) is 9.59 Å². The van der Waals surface area contributed by atoms with Crippen LogP contribution in [0.25, 0.3) is 0 Å². The number of nitrogens with zero attached hydrogens (tertiary/aromatic N) is 2. The first-order chi connectivity index (χ1) is 9.27. The van der Waals surface area contributed by atoms with Crippen LogP contribution in [0.2, 0.25) is 0 Å². The van der Waals surface area contributed by atoms with Gasteiger partial charge in [0.05, 0.1) is 5.54 Å². The van der Waals surface area contributed by atoms with E-state index in [1.54, 1.807) is 9.80 Å². The normalized spacial score (nSPS) is 26.3. The molecule has 0 aromatic heterocycles. The molecule has 2 saturated heterocycles. The summed E-state index contributed by atoms with van der Waals surface area (Å²) >= 11 is 0. The van der Waals surface area contributed by atoms with E-state index in [0.717, 1.165) is 6.42 Å². The predicted octanol–water partition coefficient (Wildman–Crippen LogP) is 0.350. The average Bonchev–Trinajstić information content (AvgIpc) is 2.88. The molecule has 2 rings (SSSR count). The van der Waals surface area contributed by atoms with E-state index in [1.165, 1.54) is 0 Å². The van der Waals surface area contributed by atoms with E-state index in [-0.39, 0.29) is 17.7 Å². The van der Waals surface area contributed by atoms with Gasteiger partial charge in [0.25, 0.3) is 0 Å². The Kier molecular flexibility index (Phi) is 3.82. The lowest BCUT2D eigenvalue weighted by Crippen LogP contribution is -2.51. The highest BCUT2D eigenvalue weighted by Crippen LogP contribution is 2.31. The fourth-order valence-electron chi connectivity index (χ4n) is 2.82. The highest BCUT2D eigenvalue weighted by molar-refractivity contribution is 5.78. The third-order valence-electron chi connectivity index (χ3n) is 3.72. The summed E-state index contributed by atoms with van der Waals surface area (Å²) in [6.07, 6.45) is 0.437. The third-order valence-corrected chi connectivity index (χ3v) is 3.72. The van der Waals surface area contributed by atoms with Crippen LogP contribution in [0.3, 0.4) is 0 Å². The Balaban J connectivity index is 2.04. The Labute approximate surface area is 119 Å². The van der Waals surface area contributed by atoms with Crippen molar-refractivity contribution in [2.24, 2.45) is 5.73 Å². The van der Waals surface area contributed by atoms with Gasteiger partial charge in [-0.3, -0.25) is 0 Å². The molecule has 1 unspecified atom stereocenters. The van der Waals surface area contributed by atoms with Gasteiger partial charge in [0.2, 0.25) is 0 Å². The number of likely N-dealkylation sites (tertiary alicyclic amines) is 1. The molecule has 3 N–H and O–H groups in total. The van der Waals surface area contributed by atoms with Gasteiger partial charge in [-0.15, -0.1) is 0 Å². The first kappa shape index (κ1) is 14.9. The first-order valence-electron chi connectivity index (χ1n) is 7.01. The molecule has 0 aromatic carbocycles. The fourth-order valence-corrected chi connectivity index (χ4v) is 2.82. The summed E-state index contributed by atoms with van der Waals surface area (Å²) in [4.78, 5) is 27.4. The number of amides is 3. The third kappa shape index (κ3) is 2.82. The Morgan fingerprint density at radius 2 is 2.20 bits per heavy atom. The zero-order chi connectivity index (χ0) is 15.0. The Bertz CT molecular complexity index is 407. The Hall–Kier alpha value is -1.50. The van der Waals surface area contributed by atoms with Gasteiger partial charge in [0.15, 0.2) is 0 Å². The van der Waals surface area contributed by atoms with Crippen LogP contribution in [0.15, 0.2) is 0 Å². The molecule has 114 valence electrons. The number of nitrogens with one attached hydrogen (secondary N) is 1. The minimum absolute atomic E-state index is 0.0958. The predicted molar refractivity (Wildman–Crippen MR) is 74.3 cm³/mol. The summed E-state index contributed by atoms with van der Waals surface area (Å²) < 4.78 is 5.38. The van der Waals surface area contributed by atoms with Crippen LogP contribution in [0, 0.1) is 0 Å². The minimum atomic E-state index is -0.506. The van der Waals surface area contributed by atoms with Crippen LogP contribution >= 0.6 is 0 Å². The highest BCUT2D eigenvalue weighted by atomic mass is 16.6. The second kappa shape index (κ2) is 5.12. The smallest absolute Gasteiger partial charge is 0.410 e. The monoisotopic (exact) mass is 284 g/mol. The maximum Gasteiger partial charge on any atom is 0.410 e. The van der Waals surface area contributed by atoms with E-state index < -0.39 is 5.60 Å². The van der Waals surface area contributed by atoms with E-state index in [9.17, 15) is 9.59 Å². The standard InChI is InChI=1S/C13H24N4O3/c1-12(2,3)20-11(19)16-6-4-13(9-16)8-15-10(18)17(13)7-5-14/h4-9,14H2,1-3H3,(H,15,18). The van der Waals surface area contributed by atoms with Crippen LogP contribution in [0.5, 0.6) is 0 Å². The molecular weight excluding hydrogens is 260 g/mol. The molecule has 0 bridgehead atoms. The van der Waals surface area contributed by atoms with Crippen molar-refractivity contribution < 1.29 is 14.3 Å². The van der Waals surface area contributed by atoms with Crippen molar-refractivity contribution in [3.8, 4) is 0 Å². The van der Waals surface area contributed by atoms with Crippen molar-refractivity contribution in [3.63, 3.8) is 0 Å². The van der Waals surface area contributed by atoms with Crippen molar-refractivity contribution in [2.45, 2.75) is 38.3 Å². The number of urea groups is 1. The number of hydrogen-bond acceptors (Lipinski definition) is 4. The van der Waals surface area contributed by atoms with Gasteiger partial charge in [-0.1, -0.05) is 0 Å². The molecule has 2 fully saturated rings. The van der Waals surface area contributed by atoms with Gasteiger partial charge in [-0.25, -0.2) is 9.59 Å². The van der Waals surface area contributed by atoms with E-state index >= 15 is 0 Å². The number of rotatable bonds is 2. The molecule has 0 radical (unpaired) electrons. The zero-order valence-corrected chi connectivity index (χ0v) is 12.4. The average molecular weight is 284 g/mol. The number of ether oxygens (including phenoxy) is 1. The summed E-state index contributed by atoms with van der Waals surface area (Å²) in [5.41, 5.74) is 4.74. The molecule has 20 heavy (non-hydrogen) atoms. The molecule has 1 spiro atoms. The zero-order valence-electron chi connectivity index (χ0n) is 12.4. The molecule has 7 nitrogen and oxygen atoms in total. The molecule has 3 amide bonds. The van der Waals surface area contributed by atoms with E-state index in [2.05, 4.69) is 5.32 Å². The second-order valence-electron chi connectivity index (χ2n) is 6.48. The molecular formula is C13H24N4O3. The first-order valence-corrected chi connectivity index (χ1v) is 7.01. The second-order valence-corrected chi connectivity index (χ2v) is 6.48. The molecule has 0 aliphatic carbocycles. The fraction of sp³-hybridized carbons (Fsp3) is 0.846. The van der Waals surface area contributed by atoms with Gasteiger partial charge >= 0.3 is 12.1 Å². The largest absolute Gasteiger partial charge is 0.444 e. The van der Waals surface area contributed by atoms with Crippen molar-refractivity contribution >= 4 is 12.1 Å². The van der Waals surface area contributed by atoms with E-state index in [0.29, 0.717) is 32.7 Å². The van der Waals surface area contributed by atoms with Gasteiger partial charge in [0.1, 0.15) is 5.60 Å². The Morgan fingerprint density at radius 1 is 1.50 bits per heavy atom. The van der Waals surface area contributed by atoms with Gasteiger partial charge in [-0.05, 0) is 27.2 Å². The summed E-state index contributed by atoms with van der Waals surface area (Å²) in [6, 6.07) is -0.0958. The van der Waals surface area contributed by atoms with Crippen LogP contribution in [0.1, 0.15) is 27.2 Å². The van der Waals surface area contributed by atoms with Gasteiger partial charge in [0, 0.05) is 32.7 Å². The van der Waals surface area contributed by atoms with Crippen molar-refractivity contribution in [1.82, 2.24) is 15.1 Å². The highest BCUT2D eigenvalue weighted by Gasteiger charge is 2.50. The summed E-state index contributed by atoms with van der Waals surface area (Å²) in [5, 5.41) is 2.85. The van der Waals surface area contributed by atoms with Crippen molar-refractivity contribution in [2.75, 3.05) is 32.7 Å². The molecule has 7 heteroatoms. The number of nitrogens with two attached hydrogens (primary N) is 1. The summed E-state index contributed by atoms with van der Waals surface area (Å²) in [7, 11) is 0. The van der Waals surface area contributed by atoms with Crippen LogP contribution < -0.4 is 11.1 Å².